The van der Waals surface area contributed by atoms with Crippen molar-refractivity contribution in [2.24, 2.45) is 5.10 Å². The van der Waals surface area contributed by atoms with E-state index in [9.17, 15) is 9.59 Å². The lowest BCUT2D eigenvalue weighted by atomic mass is 9.94. The molecule has 2 aliphatic rings. The van der Waals surface area contributed by atoms with Crippen LogP contribution in [0.1, 0.15) is 39.9 Å². The molecule has 0 bridgehead atoms. The zero-order chi connectivity index (χ0) is 22.1. The summed E-state index contributed by atoms with van der Waals surface area (Å²) in [6, 6.07) is 10.8. The quantitative estimate of drug-likeness (QED) is 0.764. The number of nitrogens with zero attached hydrogens (tertiary/aromatic N) is 6. The highest BCUT2D eigenvalue weighted by molar-refractivity contribution is 6.12. The first-order valence-electron chi connectivity index (χ1n) is 10.2. The molecule has 1 aromatic carbocycles. The van der Waals surface area contributed by atoms with Gasteiger partial charge >= 0.3 is 0 Å². The first-order valence-corrected chi connectivity index (χ1v) is 10.2. The zero-order valence-electron chi connectivity index (χ0n) is 17.8. The minimum atomic E-state index is -0.526. The maximum Gasteiger partial charge on any atom is 0.261 e. The summed E-state index contributed by atoms with van der Waals surface area (Å²) < 4.78 is 0. The molecule has 1 unspecified atom stereocenters. The van der Waals surface area contributed by atoms with Crippen LogP contribution >= 0.6 is 0 Å². The third-order valence-electron chi connectivity index (χ3n) is 5.84. The molecule has 0 N–H and O–H groups in total. The Bertz CT molecular complexity index is 1090. The van der Waals surface area contributed by atoms with E-state index in [1.807, 2.05) is 18.7 Å². The van der Waals surface area contributed by atoms with Crippen LogP contribution in [-0.2, 0) is 4.79 Å². The lowest BCUT2D eigenvalue weighted by Crippen LogP contribution is -2.52. The molecular weight excluding hydrogens is 392 g/mol. The lowest BCUT2D eigenvalue weighted by Gasteiger charge is -2.38. The Labute approximate surface area is 181 Å². The van der Waals surface area contributed by atoms with Gasteiger partial charge in [-0.3, -0.25) is 9.59 Å². The van der Waals surface area contributed by atoms with Gasteiger partial charge in [0.05, 0.1) is 17.2 Å². The van der Waals surface area contributed by atoms with Gasteiger partial charge in [0, 0.05) is 38.1 Å². The number of anilines is 1. The SMILES string of the molecule is Cc1cc(C#N)ccc1C1C=NN(c2ccc(C(=O)N3CCN(C)C[C@@H]3C)cn2)C1=O. The van der Waals surface area contributed by atoms with Crippen LogP contribution in [0.15, 0.2) is 41.6 Å². The Balaban J connectivity index is 1.49. The summed E-state index contributed by atoms with van der Waals surface area (Å²) in [6.07, 6.45) is 3.09. The normalized spacial score (nSPS) is 21.4. The van der Waals surface area contributed by atoms with Crippen LogP contribution in [-0.4, -0.2) is 65.5 Å². The van der Waals surface area contributed by atoms with Gasteiger partial charge in [0.15, 0.2) is 5.82 Å². The van der Waals surface area contributed by atoms with E-state index in [2.05, 4.69) is 28.1 Å². The Morgan fingerprint density at radius 2 is 2.03 bits per heavy atom. The fourth-order valence-electron chi connectivity index (χ4n) is 4.11. The van der Waals surface area contributed by atoms with E-state index in [0.29, 0.717) is 23.5 Å². The maximum absolute atomic E-state index is 13.0. The lowest BCUT2D eigenvalue weighted by molar-refractivity contribution is -0.118. The van der Waals surface area contributed by atoms with Crippen molar-refractivity contribution in [2.45, 2.75) is 25.8 Å². The summed E-state index contributed by atoms with van der Waals surface area (Å²) in [6.45, 7) is 6.27. The van der Waals surface area contributed by atoms with E-state index >= 15 is 0 Å². The van der Waals surface area contributed by atoms with Crippen LogP contribution in [0.3, 0.4) is 0 Å². The average Bonchev–Trinajstić information content (AvgIpc) is 3.14. The molecule has 2 atom stereocenters. The predicted octanol–water partition coefficient (Wildman–Crippen LogP) is 2.15. The number of carbonyl (C=O) groups is 2. The Morgan fingerprint density at radius 1 is 1.23 bits per heavy atom. The Kier molecular flexibility index (Phi) is 5.53. The van der Waals surface area contributed by atoms with E-state index < -0.39 is 5.92 Å². The first-order chi connectivity index (χ1) is 14.9. The van der Waals surface area contributed by atoms with Gasteiger partial charge in [0.1, 0.15) is 5.92 Å². The molecule has 3 heterocycles. The summed E-state index contributed by atoms with van der Waals surface area (Å²) in [4.78, 5) is 34.2. The molecular formula is C23H24N6O2. The first kappa shape index (κ1) is 20.7. The van der Waals surface area contributed by atoms with Crippen LogP contribution in [0.5, 0.6) is 0 Å². The molecule has 0 radical (unpaired) electrons. The second-order valence-corrected chi connectivity index (χ2v) is 8.09. The van der Waals surface area contributed by atoms with Crippen LogP contribution in [0.4, 0.5) is 5.82 Å². The number of carbonyl (C=O) groups excluding carboxylic acids is 2. The summed E-state index contributed by atoms with van der Waals surface area (Å²) in [5.41, 5.74) is 2.72. The summed E-state index contributed by atoms with van der Waals surface area (Å²) in [5, 5.41) is 14.5. The van der Waals surface area contributed by atoms with Crippen LogP contribution in [0.2, 0.25) is 0 Å². The van der Waals surface area contributed by atoms with Crippen LogP contribution in [0, 0.1) is 18.3 Å². The molecule has 2 amide bonds. The number of likely N-dealkylation sites (N-methyl/N-ethyl adjacent to an activating group) is 1. The van der Waals surface area contributed by atoms with E-state index in [-0.39, 0.29) is 17.9 Å². The molecule has 1 fully saturated rings. The molecule has 8 nitrogen and oxygen atoms in total. The van der Waals surface area contributed by atoms with Crippen LogP contribution in [0.25, 0.3) is 0 Å². The van der Waals surface area contributed by atoms with Crippen molar-refractivity contribution in [3.8, 4) is 6.07 Å². The molecule has 2 aliphatic heterocycles. The van der Waals surface area contributed by atoms with E-state index in [0.717, 1.165) is 24.2 Å². The summed E-state index contributed by atoms with van der Waals surface area (Å²) in [5.74, 6) is -0.422. The second kappa shape index (κ2) is 8.28. The highest BCUT2D eigenvalue weighted by Crippen LogP contribution is 2.28. The predicted molar refractivity (Wildman–Crippen MR) is 117 cm³/mol. The number of pyridine rings is 1. The van der Waals surface area contributed by atoms with Crippen LogP contribution < -0.4 is 5.01 Å². The van der Waals surface area contributed by atoms with Crippen molar-refractivity contribution < 1.29 is 9.59 Å². The number of piperazine rings is 1. The number of hydrogen-bond acceptors (Lipinski definition) is 6. The largest absolute Gasteiger partial charge is 0.333 e. The molecule has 8 heteroatoms. The van der Waals surface area contributed by atoms with Gasteiger partial charge in [-0.15, -0.1) is 0 Å². The average molecular weight is 416 g/mol. The number of aryl methyl sites for hydroxylation is 1. The minimum absolute atomic E-state index is 0.0537. The fraction of sp³-hybridized carbons (Fsp3) is 0.348. The highest BCUT2D eigenvalue weighted by Gasteiger charge is 2.33. The monoisotopic (exact) mass is 416 g/mol. The van der Waals surface area contributed by atoms with Crippen molar-refractivity contribution in [3.63, 3.8) is 0 Å². The molecule has 4 rings (SSSR count). The number of hydrazone groups is 1. The summed E-state index contributed by atoms with van der Waals surface area (Å²) in [7, 11) is 2.05. The zero-order valence-corrected chi connectivity index (χ0v) is 17.8. The Morgan fingerprint density at radius 3 is 2.68 bits per heavy atom. The van der Waals surface area contributed by atoms with Crippen molar-refractivity contribution in [1.82, 2.24) is 14.8 Å². The Hall–Kier alpha value is -3.57. The molecule has 0 aliphatic carbocycles. The third-order valence-corrected chi connectivity index (χ3v) is 5.84. The topological polar surface area (TPSA) is 92.9 Å². The number of hydrogen-bond donors (Lipinski definition) is 0. The summed E-state index contributed by atoms with van der Waals surface area (Å²) >= 11 is 0. The number of aromatic nitrogens is 1. The van der Waals surface area contributed by atoms with Gasteiger partial charge in [0.25, 0.3) is 11.8 Å². The van der Waals surface area contributed by atoms with Gasteiger partial charge < -0.3 is 9.80 Å². The van der Waals surface area contributed by atoms with E-state index in [1.165, 1.54) is 11.2 Å². The third kappa shape index (κ3) is 3.92. The molecule has 1 aromatic heterocycles. The van der Waals surface area contributed by atoms with Gasteiger partial charge in [-0.2, -0.15) is 15.4 Å². The number of rotatable bonds is 3. The highest BCUT2D eigenvalue weighted by atomic mass is 16.2. The molecule has 1 saturated heterocycles. The van der Waals surface area contributed by atoms with Crippen molar-refractivity contribution >= 4 is 23.8 Å². The van der Waals surface area contributed by atoms with Crippen molar-refractivity contribution in [1.29, 1.82) is 5.26 Å². The van der Waals surface area contributed by atoms with Gasteiger partial charge in [0.2, 0.25) is 0 Å². The van der Waals surface area contributed by atoms with Gasteiger partial charge in [-0.25, -0.2) is 4.98 Å². The molecule has 158 valence electrons. The number of amides is 2. The van der Waals surface area contributed by atoms with Crippen molar-refractivity contribution in [3.05, 3.63) is 58.8 Å². The van der Waals surface area contributed by atoms with Gasteiger partial charge in [-0.05, 0) is 56.3 Å². The molecule has 2 aromatic rings. The van der Waals surface area contributed by atoms with E-state index in [1.54, 1.807) is 36.5 Å². The fourth-order valence-corrected chi connectivity index (χ4v) is 4.11. The molecule has 0 spiro atoms. The molecule has 0 saturated carbocycles. The van der Waals surface area contributed by atoms with E-state index in [4.69, 9.17) is 5.26 Å². The second-order valence-electron chi connectivity index (χ2n) is 8.09. The van der Waals surface area contributed by atoms with Crippen molar-refractivity contribution in [2.75, 3.05) is 31.7 Å². The smallest absolute Gasteiger partial charge is 0.261 e. The standard InChI is InChI=1S/C23H24N6O2/c1-15-10-17(11-24)4-6-19(15)20-13-26-29(23(20)31)21-7-5-18(12-25-21)22(30)28-9-8-27(3)14-16(28)2/h4-7,10,12-13,16,20H,8-9,14H2,1-3H3/t16-,20?/m0/s1. The maximum atomic E-state index is 13.0. The molecule has 31 heavy (non-hydrogen) atoms. The minimum Gasteiger partial charge on any atom is -0.333 e. The number of nitriles is 1. The number of benzene rings is 1. The van der Waals surface area contributed by atoms with Gasteiger partial charge in [-0.1, -0.05) is 6.07 Å².